The Morgan fingerprint density at radius 3 is 2.33 bits per heavy atom. The number of fused-ring (bicyclic) bond motifs is 3. The second-order valence-corrected chi connectivity index (χ2v) is 9.39. The molecule has 0 spiro atoms. The summed E-state index contributed by atoms with van der Waals surface area (Å²) in [6, 6.07) is 1.57. The molecule has 8 nitrogen and oxygen atoms in total. The van der Waals surface area contributed by atoms with E-state index in [1.807, 2.05) is 0 Å². The molecule has 3 saturated carbocycles. The molecule has 30 heavy (non-hydrogen) atoms. The maximum atomic E-state index is 14.0. The molecule has 1 atom stereocenters. The van der Waals surface area contributed by atoms with Crippen molar-refractivity contribution in [1.82, 2.24) is 15.6 Å². The van der Waals surface area contributed by atoms with E-state index in [0.717, 1.165) is 19.3 Å². The molecule has 3 aliphatic carbocycles. The molecule has 1 heterocycles. The van der Waals surface area contributed by atoms with Crippen molar-refractivity contribution in [3.05, 3.63) is 23.0 Å². The first-order valence-corrected chi connectivity index (χ1v) is 10.4. The minimum Gasteiger partial charge on any atom is -0.465 e. The summed E-state index contributed by atoms with van der Waals surface area (Å²) in [5.74, 6) is -0.515. The van der Waals surface area contributed by atoms with Gasteiger partial charge in [0.05, 0.1) is 23.4 Å². The number of carboxylic acid groups (broad SMARTS) is 1. The van der Waals surface area contributed by atoms with Gasteiger partial charge in [-0.3, -0.25) is 4.79 Å². The first-order chi connectivity index (χ1) is 13.9. The third kappa shape index (κ3) is 4.95. The fourth-order valence-electron chi connectivity index (χ4n) is 4.31. The Kier molecular flexibility index (Phi) is 6.15. The normalized spacial score (nSPS) is 26.7. The molecule has 1 aromatic heterocycles. The van der Waals surface area contributed by atoms with Crippen molar-refractivity contribution in [1.29, 1.82) is 0 Å². The third-order valence-electron chi connectivity index (χ3n) is 6.34. The van der Waals surface area contributed by atoms with Crippen LogP contribution in [0, 0.1) is 0 Å². The molecular formula is C20H28ClFN4O4. The molecule has 166 valence electrons. The largest absolute Gasteiger partial charge is 0.465 e. The van der Waals surface area contributed by atoms with Gasteiger partial charge >= 0.3 is 6.09 Å². The van der Waals surface area contributed by atoms with E-state index in [1.165, 1.54) is 20.0 Å². The van der Waals surface area contributed by atoms with Crippen LogP contribution < -0.4 is 16.0 Å². The number of halogens is 2. The van der Waals surface area contributed by atoms with E-state index < -0.39 is 23.8 Å². The molecule has 0 aliphatic heterocycles. The van der Waals surface area contributed by atoms with Crippen LogP contribution in [0.5, 0.6) is 0 Å². The number of aliphatic hydroxyl groups is 1. The highest BCUT2D eigenvalue weighted by Gasteiger charge is 2.49. The number of anilines is 1. The number of nitrogens with one attached hydrogen (secondary N) is 3. The maximum Gasteiger partial charge on any atom is 0.405 e. The maximum absolute atomic E-state index is 14.0. The predicted molar refractivity (Wildman–Crippen MR) is 111 cm³/mol. The lowest BCUT2D eigenvalue weighted by Crippen LogP contribution is -2.60. The molecule has 0 unspecified atom stereocenters. The van der Waals surface area contributed by atoms with Crippen molar-refractivity contribution < 1.29 is 24.2 Å². The molecule has 0 radical (unpaired) electrons. The van der Waals surface area contributed by atoms with Crippen LogP contribution in [-0.4, -0.2) is 56.6 Å². The number of pyridine rings is 1. The summed E-state index contributed by atoms with van der Waals surface area (Å²) in [5, 5.41) is 27.7. The van der Waals surface area contributed by atoms with Gasteiger partial charge in [0, 0.05) is 17.3 Å². The topological polar surface area (TPSA) is 124 Å². The summed E-state index contributed by atoms with van der Waals surface area (Å²) in [6.07, 6.45) is 3.09. The van der Waals surface area contributed by atoms with Crippen LogP contribution in [-0.2, 0) is 0 Å². The predicted octanol–water partition coefficient (Wildman–Crippen LogP) is 3.10. The van der Waals surface area contributed by atoms with E-state index in [-0.39, 0.29) is 28.3 Å². The highest BCUT2D eigenvalue weighted by molar-refractivity contribution is 6.29. The molecule has 5 N–H and O–H groups in total. The lowest BCUT2D eigenvalue weighted by Gasteiger charge is -2.53. The van der Waals surface area contributed by atoms with Crippen molar-refractivity contribution >= 4 is 29.3 Å². The zero-order chi connectivity index (χ0) is 22.2. The van der Waals surface area contributed by atoms with Gasteiger partial charge in [-0.2, -0.15) is 0 Å². The third-order valence-corrected chi connectivity index (χ3v) is 6.55. The Morgan fingerprint density at radius 2 is 1.80 bits per heavy atom. The summed E-state index contributed by atoms with van der Waals surface area (Å²) < 4.78 is 14.0. The van der Waals surface area contributed by atoms with Crippen LogP contribution >= 0.6 is 11.6 Å². The highest BCUT2D eigenvalue weighted by Crippen LogP contribution is 2.48. The number of carbonyl (C=O) groups excluding carboxylic acids is 1. The number of aromatic nitrogens is 1. The highest BCUT2D eigenvalue weighted by atomic mass is 35.5. The lowest BCUT2D eigenvalue weighted by atomic mass is 9.61. The standard InChI is InChI=1S/C20H28ClFN4O4/c1-18(2,30)14(22)11-24-16(27)12-10-23-15(21)9-13(12)25-19-3-6-20(7-4-19,8-5-19)26-17(28)29/h9-10,14,26,30H,3-8,11H2,1-2H3,(H,23,25)(H,24,27)(H,28,29)/t14-,19?,20?/m0/s1. The second-order valence-electron chi connectivity index (χ2n) is 9.00. The average Bonchev–Trinajstić information content (AvgIpc) is 2.66. The molecule has 1 aromatic rings. The van der Waals surface area contributed by atoms with Gasteiger partial charge in [0.2, 0.25) is 0 Å². The SMILES string of the molecule is CC(C)(O)[C@@H](F)CNC(=O)c1cnc(Cl)cc1NC12CCC(NC(=O)O)(CC1)CC2. The minimum atomic E-state index is -1.62. The summed E-state index contributed by atoms with van der Waals surface area (Å²) in [7, 11) is 0. The number of nitrogens with zero attached hydrogens (tertiary/aromatic N) is 1. The Balaban J connectivity index is 1.72. The van der Waals surface area contributed by atoms with Gasteiger partial charge < -0.3 is 26.2 Å². The Morgan fingerprint density at radius 1 is 1.23 bits per heavy atom. The Bertz CT molecular complexity index is 805. The number of carbonyl (C=O) groups is 2. The van der Waals surface area contributed by atoms with Crippen LogP contribution in [0.4, 0.5) is 14.9 Å². The summed E-state index contributed by atoms with van der Waals surface area (Å²) >= 11 is 6.05. The van der Waals surface area contributed by atoms with E-state index in [4.69, 9.17) is 16.7 Å². The van der Waals surface area contributed by atoms with E-state index in [0.29, 0.717) is 24.9 Å². The smallest absolute Gasteiger partial charge is 0.405 e. The fraction of sp³-hybridized carbons (Fsp3) is 0.650. The molecule has 0 saturated heterocycles. The van der Waals surface area contributed by atoms with Gasteiger partial charge in [0.1, 0.15) is 11.3 Å². The zero-order valence-corrected chi connectivity index (χ0v) is 17.9. The molecule has 4 rings (SSSR count). The number of rotatable bonds is 7. The van der Waals surface area contributed by atoms with Crippen LogP contribution in [0.25, 0.3) is 0 Å². The molecule has 2 amide bonds. The summed E-state index contributed by atoms with van der Waals surface area (Å²) in [4.78, 5) is 27.8. The second kappa shape index (κ2) is 8.19. The van der Waals surface area contributed by atoms with Crippen molar-refractivity contribution in [2.24, 2.45) is 0 Å². The van der Waals surface area contributed by atoms with Gasteiger partial charge in [0.15, 0.2) is 0 Å². The Labute approximate surface area is 179 Å². The van der Waals surface area contributed by atoms with Gasteiger partial charge in [-0.1, -0.05) is 11.6 Å². The first kappa shape index (κ1) is 22.6. The lowest BCUT2D eigenvalue weighted by molar-refractivity contribution is -0.00178. The van der Waals surface area contributed by atoms with Gasteiger partial charge in [-0.05, 0) is 58.4 Å². The number of hydrogen-bond donors (Lipinski definition) is 5. The quantitative estimate of drug-likeness (QED) is 0.413. The van der Waals surface area contributed by atoms with Crippen LogP contribution in [0.1, 0.15) is 62.7 Å². The molecule has 10 heteroatoms. The van der Waals surface area contributed by atoms with Gasteiger partial charge in [-0.15, -0.1) is 0 Å². The van der Waals surface area contributed by atoms with Crippen LogP contribution in [0.2, 0.25) is 5.15 Å². The zero-order valence-electron chi connectivity index (χ0n) is 17.1. The van der Waals surface area contributed by atoms with E-state index >= 15 is 0 Å². The molecule has 2 bridgehead atoms. The Hall–Kier alpha value is -2.13. The van der Waals surface area contributed by atoms with Crippen LogP contribution in [0.15, 0.2) is 12.3 Å². The van der Waals surface area contributed by atoms with Gasteiger partial charge in [-0.25, -0.2) is 14.2 Å². The van der Waals surface area contributed by atoms with E-state index in [9.17, 15) is 19.1 Å². The monoisotopic (exact) mass is 442 g/mol. The number of amides is 2. The number of hydrogen-bond acceptors (Lipinski definition) is 5. The van der Waals surface area contributed by atoms with Crippen molar-refractivity contribution in [2.45, 2.75) is 75.2 Å². The van der Waals surface area contributed by atoms with Crippen molar-refractivity contribution in [2.75, 3.05) is 11.9 Å². The molecular weight excluding hydrogens is 415 g/mol. The average molecular weight is 443 g/mol. The number of alkyl halides is 1. The summed E-state index contributed by atoms with van der Waals surface area (Å²) in [6.45, 7) is 2.34. The van der Waals surface area contributed by atoms with Crippen molar-refractivity contribution in [3.8, 4) is 0 Å². The van der Waals surface area contributed by atoms with Crippen LogP contribution in [0.3, 0.4) is 0 Å². The first-order valence-electron chi connectivity index (χ1n) is 10.0. The molecule has 3 aliphatic rings. The van der Waals surface area contributed by atoms with Gasteiger partial charge in [0.25, 0.3) is 5.91 Å². The molecule has 3 fully saturated rings. The van der Waals surface area contributed by atoms with Crippen molar-refractivity contribution in [3.63, 3.8) is 0 Å². The fourth-order valence-corrected chi connectivity index (χ4v) is 4.47. The van der Waals surface area contributed by atoms with E-state index in [2.05, 4.69) is 20.9 Å². The summed E-state index contributed by atoms with van der Waals surface area (Å²) in [5.41, 5.74) is -1.46. The molecule has 0 aromatic carbocycles. The minimum absolute atomic E-state index is 0.221. The van der Waals surface area contributed by atoms with E-state index in [1.54, 1.807) is 6.07 Å².